The highest BCUT2D eigenvalue weighted by molar-refractivity contribution is 7.98. The minimum atomic E-state index is 0.358. The van der Waals surface area contributed by atoms with E-state index in [0.717, 1.165) is 30.5 Å². The molecule has 6 heteroatoms. The van der Waals surface area contributed by atoms with Crippen LogP contribution in [0.1, 0.15) is 25.7 Å². The van der Waals surface area contributed by atoms with Crippen LogP contribution in [-0.2, 0) is 4.74 Å². The third kappa shape index (κ3) is 2.65. The number of thioether (sulfide) groups is 1. The Kier molecular flexibility index (Phi) is 3.79. The molecule has 0 amide bonds. The minimum Gasteiger partial charge on any atom is -0.383 e. The molecule has 2 atom stereocenters. The maximum absolute atomic E-state index is 5.90. The quantitative estimate of drug-likeness (QED) is 0.659. The van der Waals surface area contributed by atoms with Crippen LogP contribution in [-0.4, -0.2) is 41.5 Å². The Labute approximate surface area is 117 Å². The van der Waals surface area contributed by atoms with Crippen LogP contribution in [0.25, 0.3) is 0 Å². The van der Waals surface area contributed by atoms with Gasteiger partial charge in [-0.3, -0.25) is 0 Å². The highest BCUT2D eigenvalue weighted by atomic mass is 32.2. The van der Waals surface area contributed by atoms with Crippen molar-refractivity contribution in [2.45, 2.75) is 43.0 Å². The Bertz CT molecular complexity index is 454. The number of fused-ring (bicyclic) bond motifs is 1. The van der Waals surface area contributed by atoms with Gasteiger partial charge < -0.3 is 15.4 Å². The fraction of sp³-hybridized carbons (Fsp3) is 0.692. The molecule has 1 saturated heterocycles. The number of nitrogens with zero attached hydrogens (tertiary/aromatic N) is 3. The summed E-state index contributed by atoms with van der Waals surface area (Å²) in [6.45, 7) is 1.67. The molecular formula is C13H20N4OS. The summed E-state index contributed by atoms with van der Waals surface area (Å²) in [7, 11) is 0. The van der Waals surface area contributed by atoms with E-state index >= 15 is 0 Å². The highest BCUT2D eigenvalue weighted by Crippen LogP contribution is 2.32. The molecule has 5 nitrogen and oxygen atoms in total. The fourth-order valence-corrected chi connectivity index (χ4v) is 3.43. The smallest absolute Gasteiger partial charge is 0.191 e. The molecule has 3 rings (SSSR count). The lowest BCUT2D eigenvalue weighted by Gasteiger charge is -2.44. The first kappa shape index (κ1) is 13.0. The van der Waals surface area contributed by atoms with Gasteiger partial charge >= 0.3 is 0 Å². The summed E-state index contributed by atoms with van der Waals surface area (Å²) in [6.07, 6.45) is 7.23. The standard InChI is InChI=1S/C13H20N4OS/c1-19-13-15-11(14)8-12(16-13)17-6-7-18-10-5-3-2-4-9(10)17/h8-10H,2-7H2,1H3,(H2,14,15,16). The van der Waals surface area contributed by atoms with Gasteiger partial charge in [0.25, 0.3) is 0 Å². The van der Waals surface area contributed by atoms with Gasteiger partial charge in [-0.15, -0.1) is 0 Å². The Morgan fingerprint density at radius 2 is 2.21 bits per heavy atom. The van der Waals surface area contributed by atoms with Crippen LogP contribution in [0.3, 0.4) is 0 Å². The molecule has 104 valence electrons. The van der Waals surface area contributed by atoms with E-state index in [9.17, 15) is 0 Å². The first-order valence-corrected chi connectivity index (χ1v) is 8.07. The van der Waals surface area contributed by atoms with Crippen molar-refractivity contribution >= 4 is 23.4 Å². The van der Waals surface area contributed by atoms with E-state index in [4.69, 9.17) is 10.5 Å². The molecule has 19 heavy (non-hydrogen) atoms. The van der Waals surface area contributed by atoms with Gasteiger partial charge in [0.2, 0.25) is 0 Å². The van der Waals surface area contributed by atoms with Crippen LogP contribution in [0.2, 0.25) is 0 Å². The van der Waals surface area contributed by atoms with Gasteiger partial charge in [-0.1, -0.05) is 24.6 Å². The average Bonchev–Trinajstić information content (AvgIpc) is 2.46. The molecule has 0 aromatic carbocycles. The molecule has 1 saturated carbocycles. The van der Waals surface area contributed by atoms with Gasteiger partial charge in [0.05, 0.1) is 18.8 Å². The van der Waals surface area contributed by atoms with E-state index in [1.807, 2.05) is 12.3 Å². The first-order chi connectivity index (χ1) is 9.28. The van der Waals surface area contributed by atoms with Gasteiger partial charge in [0, 0.05) is 12.6 Å². The molecule has 0 bridgehead atoms. The van der Waals surface area contributed by atoms with Crippen molar-refractivity contribution in [2.24, 2.45) is 0 Å². The molecule has 1 aliphatic heterocycles. The predicted molar refractivity (Wildman–Crippen MR) is 77.6 cm³/mol. The molecule has 2 heterocycles. The number of nitrogen functional groups attached to an aromatic ring is 1. The van der Waals surface area contributed by atoms with Crippen LogP contribution < -0.4 is 10.6 Å². The number of ether oxygens (including phenoxy) is 1. The number of rotatable bonds is 2. The number of hydrogen-bond acceptors (Lipinski definition) is 6. The summed E-state index contributed by atoms with van der Waals surface area (Å²) in [5.41, 5.74) is 5.89. The van der Waals surface area contributed by atoms with E-state index in [1.165, 1.54) is 31.0 Å². The largest absolute Gasteiger partial charge is 0.383 e. The Balaban J connectivity index is 1.89. The number of anilines is 2. The number of nitrogens with two attached hydrogens (primary N) is 1. The molecule has 2 aliphatic rings. The summed E-state index contributed by atoms with van der Waals surface area (Å²) in [5.74, 6) is 1.50. The molecule has 2 N–H and O–H groups in total. The molecule has 1 aromatic rings. The Morgan fingerprint density at radius 3 is 3.05 bits per heavy atom. The second-order valence-electron chi connectivity index (χ2n) is 5.09. The van der Waals surface area contributed by atoms with E-state index < -0.39 is 0 Å². The van der Waals surface area contributed by atoms with Crippen molar-refractivity contribution in [3.63, 3.8) is 0 Å². The van der Waals surface area contributed by atoms with Crippen LogP contribution in [0, 0.1) is 0 Å². The van der Waals surface area contributed by atoms with Crippen LogP contribution in [0.15, 0.2) is 11.2 Å². The average molecular weight is 280 g/mol. The van der Waals surface area contributed by atoms with E-state index in [-0.39, 0.29) is 0 Å². The molecule has 2 fully saturated rings. The van der Waals surface area contributed by atoms with E-state index in [1.54, 1.807) is 0 Å². The van der Waals surface area contributed by atoms with Crippen molar-refractivity contribution in [2.75, 3.05) is 30.0 Å². The van der Waals surface area contributed by atoms with Gasteiger partial charge in [0.15, 0.2) is 5.16 Å². The normalized spacial score (nSPS) is 27.1. The third-order valence-corrected chi connectivity index (χ3v) is 4.47. The molecule has 2 unspecified atom stereocenters. The molecule has 1 aromatic heterocycles. The Morgan fingerprint density at radius 1 is 1.37 bits per heavy atom. The fourth-order valence-electron chi connectivity index (χ4n) is 3.05. The Hall–Kier alpha value is -1.01. The SMILES string of the molecule is CSc1nc(N)cc(N2CCOC3CCCCC32)n1. The highest BCUT2D eigenvalue weighted by Gasteiger charge is 2.35. The van der Waals surface area contributed by atoms with Crippen molar-refractivity contribution in [3.8, 4) is 0 Å². The molecular weight excluding hydrogens is 260 g/mol. The number of hydrogen-bond donors (Lipinski definition) is 1. The summed E-state index contributed by atoms with van der Waals surface area (Å²) in [6, 6.07) is 2.34. The summed E-state index contributed by atoms with van der Waals surface area (Å²) < 4.78 is 5.90. The zero-order valence-electron chi connectivity index (χ0n) is 11.2. The van der Waals surface area contributed by atoms with Crippen LogP contribution in [0.4, 0.5) is 11.6 Å². The number of aromatic nitrogens is 2. The zero-order chi connectivity index (χ0) is 13.2. The van der Waals surface area contributed by atoms with Gasteiger partial charge in [0.1, 0.15) is 11.6 Å². The van der Waals surface area contributed by atoms with Crippen LogP contribution in [0.5, 0.6) is 0 Å². The summed E-state index contributed by atoms with van der Waals surface area (Å²) in [5, 5.41) is 0.744. The second-order valence-corrected chi connectivity index (χ2v) is 5.87. The summed E-state index contributed by atoms with van der Waals surface area (Å²) in [4.78, 5) is 11.2. The van der Waals surface area contributed by atoms with Crippen molar-refractivity contribution < 1.29 is 4.74 Å². The lowest BCUT2D eigenvalue weighted by molar-refractivity contribution is -0.00903. The van der Waals surface area contributed by atoms with E-state index in [2.05, 4.69) is 14.9 Å². The topological polar surface area (TPSA) is 64.3 Å². The maximum atomic E-state index is 5.90. The second kappa shape index (κ2) is 5.54. The molecule has 1 aliphatic carbocycles. The summed E-state index contributed by atoms with van der Waals surface area (Å²) >= 11 is 1.53. The van der Waals surface area contributed by atoms with Gasteiger partial charge in [-0.2, -0.15) is 0 Å². The monoisotopic (exact) mass is 280 g/mol. The van der Waals surface area contributed by atoms with Gasteiger partial charge in [-0.25, -0.2) is 9.97 Å². The van der Waals surface area contributed by atoms with Gasteiger partial charge in [-0.05, 0) is 19.1 Å². The molecule has 0 spiro atoms. The first-order valence-electron chi connectivity index (χ1n) is 6.85. The maximum Gasteiger partial charge on any atom is 0.191 e. The lowest BCUT2D eigenvalue weighted by atomic mass is 9.90. The lowest BCUT2D eigenvalue weighted by Crippen LogP contribution is -2.53. The third-order valence-electron chi connectivity index (χ3n) is 3.92. The molecule has 0 radical (unpaired) electrons. The predicted octanol–water partition coefficient (Wildman–Crippen LogP) is 1.93. The van der Waals surface area contributed by atoms with Crippen LogP contribution >= 0.6 is 11.8 Å². The van der Waals surface area contributed by atoms with Crippen molar-refractivity contribution in [1.29, 1.82) is 0 Å². The number of morpholine rings is 1. The van der Waals surface area contributed by atoms with Crippen molar-refractivity contribution in [3.05, 3.63) is 6.07 Å². The zero-order valence-corrected chi connectivity index (χ0v) is 12.0. The van der Waals surface area contributed by atoms with Crippen molar-refractivity contribution in [1.82, 2.24) is 9.97 Å². The van der Waals surface area contributed by atoms with E-state index in [0.29, 0.717) is 18.0 Å². The minimum absolute atomic E-state index is 0.358.